The number of carbonyl (C=O) groups excluding carboxylic acids is 2. The molecule has 0 fully saturated rings. The van der Waals surface area contributed by atoms with Crippen molar-refractivity contribution in [1.29, 1.82) is 0 Å². The highest BCUT2D eigenvalue weighted by Gasteiger charge is 2.09. The fraction of sp³-hybridized carbons (Fsp3) is 0.333. The number of rotatable bonds is 9. The van der Waals surface area contributed by atoms with E-state index in [0.29, 0.717) is 21.0 Å². The Kier molecular flexibility index (Phi) is 7.16. The second-order valence-corrected chi connectivity index (χ2v) is 8.51. The van der Waals surface area contributed by atoms with E-state index in [1.165, 1.54) is 39.7 Å². The van der Waals surface area contributed by atoms with Gasteiger partial charge in [0.2, 0.25) is 11.8 Å². The highest BCUT2D eigenvalue weighted by Crippen LogP contribution is 2.28. The molecule has 0 aliphatic carbocycles. The van der Waals surface area contributed by atoms with Crippen LogP contribution < -0.4 is 11.1 Å². The summed E-state index contributed by atoms with van der Waals surface area (Å²) in [6, 6.07) is 4.05. The predicted molar refractivity (Wildman–Crippen MR) is 91.6 cm³/mol. The van der Waals surface area contributed by atoms with Crippen molar-refractivity contribution in [3.63, 3.8) is 0 Å². The largest absolute Gasteiger partial charge is 0.369 e. The molecule has 0 unspecified atom stereocenters. The van der Waals surface area contributed by atoms with E-state index in [1.807, 2.05) is 11.4 Å². The smallest absolute Gasteiger partial charge is 0.230 e. The van der Waals surface area contributed by atoms with E-state index in [2.05, 4.69) is 21.6 Å². The standard InChI is InChI=1S/C12H14N4O2S4/c13-9(17)6-20-11-15-16-12(22-11)21-7-10(18)14-4-3-8-2-1-5-19-8/h1-2,5H,3-4,6-7H2,(H2,13,17)(H,14,18). The fourth-order valence-electron chi connectivity index (χ4n) is 1.40. The van der Waals surface area contributed by atoms with Gasteiger partial charge in [-0.3, -0.25) is 9.59 Å². The zero-order valence-corrected chi connectivity index (χ0v) is 14.7. The van der Waals surface area contributed by atoms with Crippen LogP contribution in [0.3, 0.4) is 0 Å². The van der Waals surface area contributed by atoms with Gasteiger partial charge in [-0.25, -0.2) is 0 Å². The first-order chi connectivity index (χ1) is 10.6. The summed E-state index contributed by atoms with van der Waals surface area (Å²) in [7, 11) is 0. The first-order valence-electron chi connectivity index (χ1n) is 6.30. The zero-order chi connectivity index (χ0) is 15.8. The maximum absolute atomic E-state index is 11.7. The predicted octanol–water partition coefficient (Wildman–Crippen LogP) is 1.63. The van der Waals surface area contributed by atoms with Gasteiger partial charge in [0.25, 0.3) is 0 Å². The van der Waals surface area contributed by atoms with Crippen molar-refractivity contribution in [2.24, 2.45) is 5.73 Å². The van der Waals surface area contributed by atoms with Crippen LogP contribution in [0.2, 0.25) is 0 Å². The Morgan fingerprint density at radius 2 is 1.95 bits per heavy atom. The molecule has 10 heteroatoms. The lowest BCUT2D eigenvalue weighted by Gasteiger charge is -2.02. The van der Waals surface area contributed by atoms with Gasteiger partial charge in [0.1, 0.15) is 0 Å². The van der Waals surface area contributed by atoms with E-state index < -0.39 is 0 Å². The molecule has 0 saturated heterocycles. The maximum atomic E-state index is 11.7. The van der Waals surface area contributed by atoms with Crippen LogP contribution in [-0.4, -0.2) is 40.1 Å². The number of aromatic nitrogens is 2. The van der Waals surface area contributed by atoms with Gasteiger partial charge >= 0.3 is 0 Å². The van der Waals surface area contributed by atoms with Gasteiger partial charge in [0.05, 0.1) is 11.5 Å². The number of hydrogen-bond donors (Lipinski definition) is 2. The summed E-state index contributed by atoms with van der Waals surface area (Å²) in [5.41, 5.74) is 5.07. The van der Waals surface area contributed by atoms with Crippen LogP contribution in [0.25, 0.3) is 0 Å². The third-order valence-corrected chi connectivity index (χ3v) is 6.47. The molecule has 0 saturated carbocycles. The van der Waals surface area contributed by atoms with Crippen molar-refractivity contribution in [3.8, 4) is 0 Å². The number of thiophene rings is 1. The van der Waals surface area contributed by atoms with Crippen LogP contribution >= 0.6 is 46.2 Å². The molecule has 22 heavy (non-hydrogen) atoms. The van der Waals surface area contributed by atoms with Crippen LogP contribution in [-0.2, 0) is 16.0 Å². The van der Waals surface area contributed by atoms with Crippen molar-refractivity contribution in [2.75, 3.05) is 18.1 Å². The summed E-state index contributed by atoms with van der Waals surface area (Å²) < 4.78 is 1.39. The van der Waals surface area contributed by atoms with Crippen LogP contribution in [0.4, 0.5) is 0 Å². The van der Waals surface area contributed by atoms with E-state index >= 15 is 0 Å². The van der Waals surface area contributed by atoms with Gasteiger partial charge in [-0.05, 0) is 17.9 Å². The summed E-state index contributed by atoms with van der Waals surface area (Å²) >= 11 is 5.63. The molecule has 0 atom stereocenters. The molecule has 2 aromatic heterocycles. The highest BCUT2D eigenvalue weighted by atomic mass is 32.2. The minimum Gasteiger partial charge on any atom is -0.369 e. The Morgan fingerprint density at radius 3 is 2.59 bits per heavy atom. The molecule has 0 radical (unpaired) electrons. The lowest BCUT2D eigenvalue weighted by molar-refractivity contribution is -0.118. The van der Waals surface area contributed by atoms with Gasteiger partial charge in [-0.1, -0.05) is 40.9 Å². The zero-order valence-electron chi connectivity index (χ0n) is 11.5. The summed E-state index contributed by atoms with van der Waals surface area (Å²) in [4.78, 5) is 23.7. The Labute approximate surface area is 144 Å². The minimum atomic E-state index is -0.389. The number of primary amides is 1. The van der Waals surface area contributed by atoms with Crippen LogP contribution in [0, 0.1) is 0 Å². The number of nitrogens with zero attached hydrogens (tertiary/aromatic N) is 2. The van der Waals surface area contributed by atoms with Crippen LogP contribution in [0.5, 0.6) is 0 Å². The van der Waals surface area contributed by atoms with Crippen molar-refractivity contribution in [3.05, 3.63) is 22.4 Å². The molecule has 0 bridgehead atoms. The number of thioether (sulfide) groups is 2. The first-order valence-corrected chi connectivity index (χ1v) is 9.96. The number of carbonyl (C=O) groups is 2. The molecular weight excluding hydrogens is 360 g/mol. The number of amides is 2. The molecule has 6 nitrogen and oxygen atoms in total. The molecule has 2 heterocycles. The van der Waals surface area contributed by atoms with Crippen molar-refractivity contribution < 1.29 is 9.59 Å². The average Bonchev–Trinajstić information content (AvgIpc) is 3.14. The maximum Gasteiger partial charge on any atom is 0.230 e. The fourth-order valence-corrected chi connectivity index (χ4v) is 4.70. The van der Waals surface area contributed by atoms with Crippen molar-refractivity contribution >= 4 is 58.0 Å². The van der Waals surface area contributed by atoms with Crippen LogP contribution in [0.1, 0.15) is 4.88 Å². The van der Waals surface area contributed by atoms with Gasteiger partial charge < -0.3 is 11.1 Å². The van der Waals surface area contributed by atoms with Crippen molar-refractivity contribution in [2.45, 2.75) is 15.1 Å². The van der Waals surface area contributed by atoms with Gasteiger partial charge in [0, 0.05) is 11.4 Å². The molecule has 2 aromatic rings. The normalized spacial score (nSPS) is 10.5. The Bertz CT molecular complexity index is 614. The molecule has 0 aliphatic rings. The Balaban J connectivity index is 1.64. The highest BCUT2D eigenvalue weighted by molar-refractivity contribution is 8.03. The minimum absolute atomic E-state index is 0.0249. The number of nitrogens with one attached hydrogen (secondary N) is 1. The third kappa shape index (κ3) is 6.34. The molecule has 0 spiro atoms. The van der Waals surface area contributed by atoms with Crippen molar-refractivity contribution in [1.82, 2.24) is 15.5 Å². The number of nitrogens with two attached hydrogens (primary N) is 1. The van der Waals surface area contributed by atoms with E-state index in [0.717, 1.165) is 6.42 Å². The quantitative estimate of drug-likeness (QED) is 0.647. The Morgan fingerprint density at radius 1 is 1.23 bits per heavy atom. The van der Waals surface area contributed by atoms with E-state index in [-0.39, 0.29) is 17.6 Å². The SMILES string of the molecule is NC(=O)CSc1nnc(SCC(=O)NCCc2cccs2)s1. The summed E-state index contributed by atoms with van der Waals surface area (Å²) in [5.74, 6) is 0.0739. The van der Waals surface area contributed by atoms with E-state index in [9.17, 15) is 9.59 Å². The van der Waals surface area contributed by atoms with Gasteiger partial charge in [0.15, 0.2) is 8.68 Å². The average molecular weight is 375 g/mol. The molecule has 2 rings (SSSR count). The second-order valence-electron chi connectivity index (χ2n) is 4.06. The van der Waals surface area contributed by atoms with E-state index in [4.69, 9.17) is 5.73 Å². The second kappa shape index (κ2) is 9.13. The van der Waals surface area contributed by atoms with E-state index in [1.54, 1.807) is 11.3 Å². The molecule has 0 aliphatic heterocycles. The number of hydrogen-bond acceptors (Lipinski definition) is 8. The lowest BCUT2D eigenvalue weighted by atomic mass is 10.3. The van der Waals surface area contributed by atoms with Gasteiger partial charge in [-0.2, -0.15) is 0 Å². The van der Waals surface area contributed by atoms with Gasteiger partial charge in [-0.15, -0.1) is 21.5 Å². The first kappa shape index (κ1) is 17.3. The molecular formula is C12H14N4O2S4. The Hall–Kier alpha value is -1.10. The molecule has 2 amide bonds. The molecule has 118 valence electrons. The lowest BCUT2D eigenvalue weighted by Crippen LogP contribution is -2.27. The summed E-state index contributed by atoms with van der Waals surface area (Å²) in [6.07, 6.45) is 0.848. The monoisotopic (exact) mass is 374 g/mol. The summed E-state index contributed by atoms with van der Waals surface area (Å²) in [6.45, 7) is 0.635. The summed E-state index contributed by atoms with van der Waals surface area (Å²) in [5, 5.41) is 12.8. The molecule has 3 N–H and O–H groups in total. The molecule has 0 aromatic carbocycles. The third-order valence-electron chi connectivity index (χ3n) is 2.33. The topological polar surface area (TPSA) is 98.0 Å². The van der Waals surface area contributed by atoms with Crippen LogP contribution in [0.15, 0.2) is 26.2 Å².